The standard InChI is InChI=1S/C20H37N3O2/c1-16(15-20(2,3)4)14-18(24)22-12-8-17(9-13-22)19(25)21-23-10-6-5-7-11-23/h16-17H,5-15H2,1-4H3,(H,21,25). The van der Waals surface area contributed by atoms with E-state index in [1.54, 1.807) is 0 Å². The molecule has 25 heavy (non-hydrogen) atoms. The molecule has 0 bridgehead atoms. The molecule has 0 aromatic heterocycles. The van der Waals surface area contributed by atoms with Crippen LogP contribution in [0, 0.1) is 17.3 Å². The summed E-state index contributed by atoms with van der Waals surface area (Å²) in [4.78, 5) is 26.9. The number of carbonyl (C=O) groups excluding carboxylic acids is 2. The van der Waals surface area contributed by atoms with E-state index in [4.69, 9.17) is 0 Å². The van der Waals surface area contributed by atoms with E-state index in [-0.39, 0.29) is 23.1 Å². The number of nitrogens with zero attached hydrogens (tertiary/aromatic N) is 2. The number of likely N-dealkylation sites (tertiary alicyclic amines) is 1. The highest BCUT2D eigenvalue weighted by molar-refractivity contribution is 5.79. The first-order chi connectivity index (χ1) is 11.7. The van der Waals surface area contributed by atoms with Crippen molar-refractivity contribution in [3.8, 4) is 0 Å². The van der Waals surface area contributed by atoms with E-state index in [1.165, 1.54) is 19.3 Å². The third-order valence-electron chi connectivity index (χ3n) is 5.33. The molecule has 5 nitrogen and oxygen atoms in total. The molecule has 2 aliphatic heterocycles. The van der Waals surface area contributed by atoms with Crippen LogP contribution in [0.5, 0.6) is 0 Å². The normalized spacial score (nSPS) is 21.8. The summed E-state index contributed by atoms with van der Waals surface area (Å²) in [6.07, 6.45) is 6.87. The SMILES string of the molecule is CC(CC(=O)N1CCC(C(=O)NN2CCCCC2)CC1)CC(C)(C)C. The summed E-state index contributed by atoms with van der Waals surface area (Å²) in [6, 6.07) is 0. The number of amides is 2. The van der Waals surface area contributed by atoms with Crippen LogP contribution < -0.4 is 5.43 Å². The van der Waals surface area contributed by atoms with Crippen molar-refractivity contribution in [1.82, 2.24) is 15.3 Å². The molecule has 1 unspecified atom stereocenters. The van der Waals surface area contributed by atoms with Crippen molar-refractivity contribution in [3.63, 3.8) is 0 Å². The zero-order valence-corrected chi connectivity index (χ0v) is 16.6. The summed E-state index contributed by atoms with van der Waals surface area (Å²) in [7, 11) is 0. The van der Waals surface area contributed by atoms with Crippen LogP contribution in [0.1, 0.15) is 72.6 Å². The average Bonchev–Trinajstić information content (AvgIpc) is 2.54. The number of hydrogen-bond acceptors (Lipinski definition) is 3. The van der Waals surface area contributed by atoms with E-state index >= 15 is 0 Å². The lowest BCUT2D eigenvalue weighted by molar-refractivity contribution is -0.138. The van der Waals surface area contributed by atoms with Crippen molar-refractivity contribution in [2.75, 3.05) is 26.2 Å². The minimum atomic E-state index is 0.0537. The van der Waals surface area contributed by atoms with Crippen LogP contribution in [0.25, 0.3) is 0 Å². The Morgan fingerprint density at radius 2 is 1.64 bits per heavy atom. The van der Waals surface area contributed by atoms with Crippen LogP contribution in [0.2, 0.25) is 0 Å². The predicted molar refractivity (Wildman–Crippen MR) is 101 cm³/mol. The number of carbonyl (C=O) groups is 2. The van der Waals surface area contributed by atoms with Crippen molar-refractivity contribution >= 4 is 11.8 Å². The Kier molecular flexibility index (Phi) is 7.29. The molecule has 0 saturated carbocycles. The number of nitrogens with one attached hydrogen (secondary N) is 1. The number of rotatable bonds is 5. The second kappa shape index (κ2) is 9.02. The first-order valence-electron chi connectivity index (χ1n) is 10.1. The van der Waals surface area contributed by atoms with Gasteiger partial charge in [-0.2, -0.15) is 0 Å². The Labute approximate surface area is 153 Å². The van der Waals surface area contributed by atoms with Gasteiger partial charge in [0, 0.05) is 38.5 Å². The Morgan fingerprint density at radius 3 is 2.20 bits per heavy atom. The molecular formula is C20H37N3O2. The maximum absolute atomic E-state index is 12.5. The van der Waals surface area contributed by atoms with Gasteiger partial charge in [0.15, 0.2) is 0 Å². The molecule has 0 aromatic carbocycles. The molecule has 1 N–H and O–H groups in total. The fourth-order valence-corrected chi connectivity index (χ4v) is 4.19. The van der Waals surface area contributed by atoms with Crippen LogP contribution in [-0.4, -0.2) is 47.9 Å². The first kappa shape index (κ1) is 20.2. The van der Waals surface area contributed by atoms with Crippen molar-refractivity contribution in [2.24, 2.45) is 17.3 Å². The van der Waals surface area contributed by atoms with E-state index in [1.807, 2.05) is 4.90 Å². The van der Waals surface area contributed by atoms with Crippen molar-refractivity contribution in [2.45, 2.75) is 72.6 Å². The van der Waals surface area contributed by atoms with Gasteiger partial charge >= 0.3 is 0 Å². The zero-order valence-electron chi connectivity index (χ0n) is 16.6. The molecule has 2 fully saturated rings. The molecule has 5 heteroatoms. The van der Waals surface area contributed by atoms with Gasteiger partial charge in [-0.3, -0.25) is 15.0 Å². The lowest BCUT2D eigenvalue weighted by Gasteiger charge is -2.34. The number of piperidine rings is 2. The average molecular weight is 352 g/mol. The van der Waals surface area contributed by atoms with Gasteiger partial charge in [-0.05, 0) is 43.4 Å². The van der Waals surface area contributed by atoms with Gasteiger partial charge in [0.2, 0.25) is 11.8 Å². The molecule has 2 heterocycles. The Bertz CT molecular complexity index is 444. The molecule has 1 atom stereocenters. The Morgan fingerprint density at radius 1 is 1.04 bits per heavy atom. The number of hydrogen-bond donors (Lipinski definition) is 1. The van der Waals surface area contributed by atoms with Crippen LogP contribution in [0.15, 0.2) is 0 Å². The van der Waals surface area contributed by atoms with Crippen LogP contribution in [-0.2, 0) is 9.59 Å². The molecule has 2 saturated heterocycles. The van der Waals surface area contributed by atoms with Crippen molar-refractivity contribution < 1.29 is 9.59 Å². The van der Waals surface area contributed by atoms with Gasteiger partial charge in [0.05, 0.1) is 0 Å². The fraction of sp³-hybridized carbons (Fsp3) is 0.900. The van der Waals surface area contributed by atoms with E-state index in [9.17, 15) is 9.59 Å². The van der Waals surface area contributed by atoms with Gasteiger partial charge in [-0.25, -0.2) is 5.01 Å². The predicted octanol–water partition coefficient (Wildman–Crippen LogP) is 3.20. The molecule has 2 rings (SSSR count). The summed E-state index contributed by atoms with van der Waals surface area (Å²) in [5.74, 6) is 0.868. The lowest BCUT2D eigenvalue weighted by Crippen LogP contribution is -2.50. The van der Waals surface area contributed by atoms with Gasteiger partial charge in [0.1, 0.15) is 0 Å². The smallest absolute Gasteiger partial charge is 0.237 e. The van der Waals surface area contributed by atoms with Gasteiger partial charge in [-0.15, -0.1) is 0 Å². The van der Waals surface area contributed by atoms with Crippen LogP contribution in [0.4, 0.5) is 0 Å². The molecule has 0 aliphatic carbocycles. The van der Waals surface area contributed by atoms with Crippen LogP contribution in [0.3, 0.4) is 0 Å². The molecular weight excluding hydrogens is 314 g/mol. The maximum Gasteiger partial charge on any atom is 0.237 e. The molecule has 0 spiro atoms. The molecule has 0 aromatic rings. The molecule has 2 aliphatic rings. The second-order valence-electron chi connectivity index (χ2n) is 9.25. The van der Waals surface area contributed by atoms with E-state index < -0.39 is 0 Å². The van der Waals surface area contributed by atoms with Gasteiger partial charge in [-0.1, -0.05) is 34.1 Å². The van der Waals surface area contributed by atoms with Crippen molar-refractivity contribution in [1.29, 1.82) is 0 Å². The topological polar surface area (TPSA) is 52.7 Å². The monoisotopic (exact) mass is 351 g/mol. The summed E-state index contributed by atoms with van der Waals surface area (Å²) >= 11 is 0. The van der Waals surface area contributed by atoms with Crippen molar-refractivity contribution in [3.05, 3.63) is 0 Å². The quantitative estimate of drug-likeness (QED) is 0.827. The van der Waals surface area contributed by atoms with Gasteiger partial charge < -0.3 is 4.90 Å². The molecule has 2 amide bonds. The second-order valence-corrected chi connectivity index (χ2v) is 9.25. The summed E-state index contributed by atoms with van der Waals surface area (Å²) in [5, 5.41) is 2.07. The van der Waals surface area contributed by atoms with E-state index in [0.29, 0.717) is 12.3 Å². The minimum absolute atomic E-state index is 0.0537. The molecule has 0 radical (unpaired) electrons. The lowest BCUT2D eigenvalue weighted by atomic mass is 9.84. The summed E-state index contributed by atoms with van der Waals surface area (Å²) in [6.45, 7) is 12.2. The first-order valence-corrected chi connectivity index (χ1v) is 10.1. The number of hydrazine groups is 1. The Balaban J connectivity index is 1.71. The third kappa shape index (κ3) is 6.96. The van der Waals surface area contributed by atoms with Crippen LogP contribution >= 0.6 is 0 Å². The van der Waals surface area contributed by atoms with E-state index in [0.717, 1.165) is 45.4 Å². The minimum Gasteiger partial charge on any atom is -0.343 e. The zero-order chi connectivity index (χ0) is 18.4. The summed E-state index contributed by atoms with van der Waals surface area (Å²) in [5.41, 5.74) is 3.34. The van der Waals surface area contributed by atoms with Gasteiger partial charge in [0.25, 0.3) is 0 Å². The highest BCUT2D eigenvalue weighted by Crippen LogP contribution is 2.27. The molecule has 144 valence electrons. The highest BCUT2D eigenvalue weighted by Gasteiger charge is 2.29. The maximum atomic E-state index is 12.5. The highest BCUT2D eigenvalue weighted by atomic mass is 16.2. The fourth-order valence-electron chi connectivity index (χ4n) is 4.19. The third-order valence-corrected chi connectivity index (χ3v) is 5.33. The largest absolute Gasteiger partial charge is 0.343 e. The summed E-state index contributed by atoms with van der Waals surface area (Å²) < 4.78 is 0. The Hall–Kier alpha value is -1.10. The van der Waals surface area contributed by atoms with E-state index in [2.05, 4.69) is 38.1 Å².